The second-order valence-corrected chi connectivity index (χ2v) is 12.3. The first-order valence-electron chi connectivity index (χ1n) is 17.3. The molecule has 3 heterocycles. The number of nitriles is 1. The van der Waals surface area contributed by atoms with Crippen LogP contribution in [0.4, 0.5) is 17.1 Å². The predicted molar refractivity (Wildman–Crippen MR) is 213 cm³/mol. The van der Waals surface area contributed by atoms with Crippen LogP contribution >= 0.6 is 11.6 Å². The maximum atomic E-state index is 12.9. The van der Waals surface area contributed by atoms with E-state index in [4.69, 9.17) is 41.5 Å². The van der Waals surface area contributed by atoms with Gasteiger partial charge < -0.3 is 40.5 Å². The minimum Gasteiger partial charge on any atom is -0.492 e. The SMILES string of the molecule is CCOc1cc2ncc(C#N)c(Nc3ccc(OCc4ccccn4)c(Cl)c3)c2cc1NC(=O)/C=C/[C@H]1CCCN1C.O=C(O)/C=C\C(=O)O.O=C(O)/C=C\C(=O)O. The van der Waals surface area contributed by atoms with Gasteiger partial charge in [0.2, 0.25) is 5.91 Å². The molecule has 6 N–H and O–H groups in total. The van der Waals surface area contributed by atoms with E-state index in [0.29, 0.717) is 81.0 Å². The number of halogens is 1. The predicted octanol–water partition coefficient (Wildman–Crippen LogP) is 5.89. The van der Waals surface area contributed by atoms with Crippen LogP contribution in [-0.4, -0.2) is 91.3 Å². The molecule has 0 saturated carbocycles. The Morgan fingerprint density at radius 3 is 2.12 bits per heavy atom. The molecule has 302 valence electrons. The monoisotopic (exact) mass is 814 g/mol. The van der Waals surface area contributed by atoms with Gasteiger partial charge in [0, 0.05) is 66.0 Å². The Morgan fingerprint density at radius 2 is 1.59 bits per heavy atom. The van der Waals surface area contributed by atoms with Gasteiger partial charge in [0.05, 0.1) is 39.8 Å². The molecule has 1 amide bonds. The molecule has 0 radical (unpaired) electrons. The molecule has 0 aliphatic carbocycles. The van der Waals surface area contributed by atoms with Crippen molar-refractivity contribution in [3.63, 3.8) is 0 Å². The van der Waals surface area contributed by atoms with E-state index in [2.05, 4.69) is 38.6 Å². The Morgan fingerprint density at radius 1 is 0.914 bits per heavy atom. The number of aromatic nitrogens is 2. The zero-order valence-corrected chi connectivity index (χ0v) is 31.9. The van der Waals surface area contributed by atoms with Gasteiger partial charge in [-0.1, -0.05) is 23.7 Å². The molecule has 1 aliphatic heterocycles. The summed E-state index contributed by atoms with van der Waals surface area (Å²) in [6, 6.07) is 16.9. The number of likely N-dealkylation sites (tertiary alicyclic amines) is 1. The van der Waals surface area contributed by atoms with E-state index in [0.717, 1.165) is 25.1 Å². The van der Waals surface area contributed by atoms with Crippen molar-refractivity contribution in [2.45, 2.75) is 32.4 Å². The van der Waals surface area contributed by atoms with Gasteiger partial charge in [-0.15, -0.1) is 0 Å². The van der Waals surface area contributed by atoms with Gasteiger partial charge >= 0.3 is 23.9 Å². The third-order valence-electron chi connectivity index (χ3n) is 7.73. The van der Waals surface area contributed by atoms with E-state index >= 15 is 0 Å². The van der Waals surface area contributed by atoms with Gasteiger partial charge in [-0.3, -0.25) is 19.7 Å². The van der Waals surface area contributed by atoms with Crippen molar-refractivity contribution < 1.29 is 53.9 Å². The molecule has 4 aromatic rings. The lowest BCUT2D eigenvalue weighted by Gasteiger charge is -2.17. The lowest BCUT2D eigenvalue weighted by Crippen LogP contribution is -2.23. The second-order valence-electron chi connectivity index (χ2n) is 11.9. The average molecular weight is 815 g/mol. The highest BCUT2D eigenvalue weighted by Gasteiger charge is 2.19. The summed E-state index contributed by atoms with van der Waals surface area (Å²) >= 11 is 6.54. The number of carbonyl (C=O) groups is 5. The zero-order chi connectivity index (χ0) is 42.6. The van der Waals surface area contributed by atoms with Gasteiger partial charge in [0.25, 0.3) is 0 Å². The van der Waals surface area contributed by atoms with E-state index < -0.39 is 23.9 Å². The molecule has 18 heteroatoms. The summed E-state index contributed by atoms with van der Waals surface area (Å²) < 4.78 is 11.7. The average Bonchev–Trinajstić information content (AvgIpc) is 3.60. The number of benzene rings is 2. The standard InChI is InChI=1S/C32H31ClN6O3.2C4H4O4/c1-3-41-30-17-27-25(16-28(30)38-31(40)12-10-24-8-6-14-39(24)2)32(21(18-34)19-36-27)37-22-9-11-29(26(33)15-22)42-20-23-7-4-5-13-35-23;2*5-3(6)1-2-4(7)8/h4-5,7,9-13,15-17,19,24H,3,6,8,14,20H2,1-2H3,(H,36,37)(H,38,40);2*1-2H,(H,5,6)(H,7,8)/b12-10+;2*2-1-/t24-;;/m1../s1. The lowest BCUT2D eigenvalue weighted by molar-refractivity contribution is -0.134. The number of fused-ring (bicyclic) bond motifs is 1. The molecule has 0 bridgehead atoms. The van der Waals surface area contributed by atoms with E-state index in [1.165, 1.54) is 6.20 Å². The summed E-state index contributed by atoms with van der Waals surface area (Å²) in [4.78, 5) is 62.1. The number of nitrogens with zero attached hydrogens (tertiary/aromatic N) is 4. The Labute approximate surface area is 337 Å². The van der Waals surface area contributed by atoms with Gasteiger partial charge in [-0.2, -0.15) is 5.26 Å². The lowest BCUT2D eigenvalue weighted by atomic mass is 10.1. The fourth-order valence-electron chi connectivity index (χ4n) is 5.12. The first-order chi connectivity index (χ1) is 27.7. The molecule has 1 atom stereocenters. The largest absolute Gasteiger partial charge is 0.492 e. The Hall–Kier alpha value is -7.29. The molecule has 0 spiro atoms. The van der Waals surface area contributed by atoms with E-state index in [1.807, 2.05) is 37.3 Å². The minimum atomic E-state index is -1.26. The van der Waals surface area contributed by atoms with Crippen LogP contribution in [0.2, 0.25) is 5.02 Å². The Bertz CT molecular complexity index is 2170. The summed E-state index contributed by atoms with van der Waals surface area (Å²) in [5, 5.41) is 48.4. The molecule has 1 saturated heterocycles. The van der Waals surface area contributed by atoms with Crippen LogP contribution in [0, 0.1) is 11.3 Å². The maximum absolute atomic E-state index is 12.9. The smallest absolute Gasteiger partial charge is 0.328 e. The molecule has 2 aromatic carbocycles. The molecular formula is C40H39ClN6O11. The zero-order valence-electron chi connectivity index (χ0n) is 31.2. The third-order valence-corrected chi connectivity index (χ3v) is 8.03. The fourth-order valence-corrected chi connectivity index (χ4v) is 5.36. The molecule has 0 unspecified atom stereocenters. The molecular weight excluding hydrogens is 776 g/mol. The number of amides is 1. The van der Waals surface area contributed by atoms with Crippen LogP contribution in [0.25, 0.3) is 10.9 Å². The number of hydrogen-bond donors (Lipinski definition) is 6. The number of likely N-dealkylation sites (N-methyl/N-ethyl adjacent to an activating group) is 1. The van der Waals surface area contributed by atoms with Crippen LogP contribution in [0.15, 0.2) is 97.4 Å². The van der Waals surface area contributed by atoms with Crippen molar-refractivity contribution in [3.05, 3.63) is 114 Å². The fraction of sp³-hybridized carbons (Fsp3) is 0.200. The topological polar surface area (TPSA) is 262 Å². The first-order valence-corrected chi connectivity index (χ1v) is 17.6. The van der Waals surface area contributed by atoms with Crippen molar-refractivity contribution in [2.24, 2.45) is 0 Å². The van der Waals surface area contributed by atoms with E-state index in [1.54, 1.807) is 36.5 Å². The number of rotatable bonds is 14. The molecule has 58 heavy (non-hydrogen) atoms. The van der Waals surface area contributed by atoms with Crippen molar-refractivity contribution in [2.75, 3.05) is 30.8 Å². The number of aliphatic carboxylic acids is 4. The maximum Gasteiger partial charge on any atom is 0.328 e. The highest BCUT2D eigenvalue weighted by Crippen LogP contribution is 2.37. The Balaban J connectivity index is 0.000000473. The van der Waals surface area contributed by atoms with E-state index in [-0.39, 0.29) is 18.6 Å². The quantitative estimate of drug-likeness (QED) is 0.0811. The van der Waals surface area contributed by atoms with E-state index in [9.17, 15) is 29.2 Å². The number of ether oxygens (including phenoxy) is 2. The molecule has 1 aliphatic rings. The summed E-state index contributed by atoms with van der Waals surface area (Å²) in [6.07, 6.45) is 11.1. The highest BCUT2D eigenvalue weighted by atomic mass is 35.5. The number of nitrogens with one attached hydrogen (secondary N) is 2. The first kappa shape index (κ1) is 45.1. The van der Waals surface area contributed by atoms with Gasteiger partial charge in [-0.05, 0) is 69.8 Å². The molecule has 1 fully saturated rings. The number of carboxylic acids is 4. The number of carbonyl (C=O) groups excluding carboxylic acids is 1. The second kappa shape index (κ2) is 22.9. The van der Waals surface area contributed by atoms with Crippen molar-refractivity contribution in [1.29, 1.82) is 5.26 Å². The molecule has 17 nitrogen and oxygen atoms in total. The van der Waals surface area contributed by atoms with Gasteiger partial charge in [0.1, 0.15) is 24.2 Å². The van der Waals surface area contributed by atoms with Crippen LogP contribution in [0.1, 0.15) is 31.0 Å². The van der Waals surface area contributed by atoms with Crippen molar-refractivity contribution >= 4 is 69.4 Å². The summed E-state index contributed by atoms with van der Waals surface area (Å²) in [7, 11) is 2.06. The summed E-state index contributed by atoms with van der Waals surface area (Å²) in [6.45, 7) is 3.58. The van der Waals surface area contributed by atoms with Crippen molar-refractivity contribution in [1.82, 2.24) is 14.9 Å². The Kier molecular flexibility index (Phi) is 17.8. The van der Waals surface area contributed by atoms with Gasteiger partial charge in [0.15, 0.2) is 0 Å². The van der Waals surface area contributed by atoms with Crippen LogP contribution in [-0.2, 0) is 30.6 Å². The van der Waals surface area contributed by atoms with Crippen LogP contribution in [0.5, 0.6) is 11.5 Å². The number of hydrogen-bond acceptors (Lipinski definition) is 12. The minimum absolute atomic E-state index is 0.246. The number of anilines is 3. The normalized spacial score (nSPS) is 13.5. The summed E-state index contributed by atoms with van der Waals surface area (Å²) in [5.74, 6) is -4.29. The highest BCUT2D eigenvalue weighted by molar-refractivity contribution is 6.32. The molecule has 2 aromatic heterocycles. The third kappa shape index (κ3) is 15.1. The number of carboxylic acid groups (broad SMARTS) is 4. The van der Waals surface area contributed by atoms with Crippen LogP contribution < -0.4 is 20.1 Å². The molecule has 5 rings (SSSR count). The van der Waals surface area contributed by atoms with Crippen LogP contribution in [0.3, 0.4) is 0 Å². The van der Waals surface area contributed by atoms with Gasteiger partial charge in [-0.25, -0.2) is 19.2 Å². The van der Waals surface area contributed by atoms with Crippen molar-refractivity contribution in [3.8, 4) is 17.6 Å². The number of pyridine rings is 2. The summed E-state index contributed by atoms with van der Waals surface area (Å²) in [5.41, 5.74) is 3.38.